The predicted molar refractivity (Wildman–Crippen MR) is 77.5 cm³/mol. The third-order valence-electron chi connectivity index (χ3n) is 3.14. The molecule has 1 rings (SSSR count). The number of carboxylic acid groups (broad SMARTS) is 1. The molecule has 0 aromatic heterocycles. The molecule has 0 aliphatic rings. The maximum Gasteiger partial charge on any atom is 0.315 e. The molecule has 0 aliphatic heterocycles. The summed E-state index contributed by atoms with van der Waals surface area (Å²) in [6, 6.07) is 7.50. The number of carbonyl (C=O) groups is 2. The van der Waals surface area contributed by atoms with Gasteiger partial charge in [-0.05, 0) is 30.9 Å². The lowest BCUT2D eigenvalue weighted by molar-refractivity contribution is -0.137. The van der Waals surface area contributed by atoms with E-state index < -0.39 is 5.97 Å². The summed E-state index contributed by atoms with van der Waals surface area (Å²) in [5.74, 6) is -0.944. The van der Waals surface area contributed by atoms with Gasteiger partial charge in [0.1, 0.15) is 0 Å². The fourth-order valence-electron chi connectivity index (χ4n) is 2.04. The third-order valence-corrected chi connectivity index (χ3v) is 3.14. The van der Waals surface area contributed by atoms with Crippen molar-refractivity contribution < 1.29 is 14.7 Å². The maximum absolute atomic E-state index is 11.8. The molecule has 5 heteroatoms. The zero-order valence-corrected chi connectivity index (χ0v) is 12.1. The molecule has 110 valence electrons. The first kappa shape index (κ1) is 16.0. The van der Waals surface area contributed by atoms with Gasteiger partial charge in [-0.2, -0.15) is 0 Å². The minimum atomic E-state index is -0.854. The Morgan fingerprint density at radius 2 is 1.90 bits per heavy atom. The Hall–Kier alpha value is -2.04. The smallest absolute Gasteiger partial charge is 0.315 e. The number of benzene rings is 1. The van der Waals surface area contributed by atoms with E-state index in [4.69, 9.17) is 5.11 Å². The van der Waals surface area contributed by atoms with Crippen LogP contribution in [0.5, 0.6) is 0 Å². The number of urea groups is 1. The van der Waals surface area contributed by atoms with Crippen molar-refractivity contribution in [1.29, 1.82) is 0 Å². The first-order chi connectivity index (χ1) is 9.40. The van der Waals surface area contributed by atoms with Gasteiger partial charge < -0.3 is 15.7 Å². The lowest BCUT2D eigenvalue weighted by Gasteiger charge is -2.18. The van der Waals surface area contributed by atoms with E-state index in [1.165, 1.54) is 0 Å². The Balaban J connectivity index is 2.43. The van der Waals surface area contributed by atoms with Crippen LogP contribution in [0.1, 0.15) is 37.4 Å². The molecule has 20 heavy (non-hydrogen) atoms. The number of hydrogen-bond donors (Lipinski definition) is 3. The van der Waals surface area contributed by atoms with Crippen LogP contribution in [-0.4, -0.2) is 23.7 Å². The summed E-state index contributed by atoms with van der Waals surface area (Å²) in [5, 5.41) is 14.2. The summed E-state index contributed by atoms with van der Waals surface area (Å²) < 4.78 is 0. The number of carbonyl (C=O) groups excluding carboxylic acids is 1. The summed E-state index contributed by atoms with van der Waals surface area (Å²) in [6.45, 7) is 6.06. The lowest BCUT2D eigenvalue weighted by Crippen LogP contribution is -2.39. The van der Waals surface area contributed by atoms with Crippen molar-refractivity contribution >= 4 is 12.0 Å². The van der Waals surface area contributed by atoms with E-state index in [1.807, 2.05) is 38.1 Å². The molecule has 0 heterocycles. The van der Waals surface area contributed by atoms with Gasteiger partial charge in [0.25, 0.3) is 0 Å². The fourth-order valence-corrected chi connectivity index (χ4v) is 2.04. The number of carboxylic acids is 1. The van der Waals surface area contributed by atoms with E-state index in [9.17, 15) is 9.59 Å². The molecule has 1 aromatic carbocycles. The van der Waals surface area contributed by atoms with Crippen LogP contribution in [0.2, 0.25) is 0 Å². The summed E-state index contributed by atoms with van der Waals surface area (Å²) in [4.78, 5) is 22.3. The Morgan fingerprint density at radius 1 is 1.25 bits per heavy atom. The van der Waals surface area contributed by atoms with Crippen LogP contribution < -0.4 is 10.6 Å². The van der Waals surface area contributed by atoms with Gasteiger partial charge in [-0.1, -0.05) is 31.2 Å². The third kappa shape index (κ3) is 5.30. The highest BCUT2D eigenvalue weighted by molar-refractivity contribution is 5.74. The number of aryl methyl sites for hydroxylation is 1. The Labute approximate surface area is 119 Å². The number of hydrogen-bond acceptors (Lipinski definition) is 2. The Morgan fingerprint density at radius 3 is 2.50 bits per heavy atom. The average Bonchev–Trinajstić information content (AvgIpc) is 2.36. The van der Waals surface area contributed by atoms with E-state index in [1.54, 1.807) is 6.92 Å². The van der Waals surface area contributed by atoms with Gasteiger partial charge in [0.05, 0.1) is 6.04 Å². The van der Waals surface area contributed by atoms with E-state index in [0.29, 0.717) is 6.54 Å². The zero-order valence-electron chi connectivity index (χ0n) is 12.1. The van der Waals surface area contributed by atoms with Crippen molar-refractivity contribution in [2.24, 2.45) is 5.92 Å². The molecule has 0 aliphatic carbocycles. The van der Waals surface area contributed by atoms with Crippen LogP contribution in [0.15, 0.2) is 24.3 Å². The number of nitrogens with one attached hydrogen (secondary N) is 2. The van der Waals surface area contributed by atoms with Gasteiger partial charge in [0.2, 0.25) is 0 Å². The summed E-state index contributed by atoms with van der Waals surface area (Å²) in [5.41, 5.74) is 2.20. The normalized spacial score (nSPS) is 13.3. The molecule has 1 aromatic rings. The Kier molecular flexibility index (Phi) is 6.03. The minimum absolute atomic E-state index is 0.0492. The summed E-state index contributed by atoms with van der Waals surface area (Å²) in [7, 11) is 0. The minimum Gasteiger partial charge on any atom is -0.481 e. The molecule has 2 unspecified atom stereocenters. The van der Waals surface area contributed by atoms with Gasteiger partial charge in [-0.15, -0.1) is 0 Å². The van der Waals surface area contributed by atoms with E-state index in [2.05, 4.69) is 10.6 Å². The first-order valence-corrected chi connectivity index (χ1v) is 6.71. The van der Waals surface area contributed by atoms with Gasteiger partial charge in [0.15, 0.2) is 0 Å². The van der Waals surface area contributed by atoms with Gasteiger partial charge in [0, 0.05) is 13.0 Å². The van der Waals surface area contributed by atoms with Crippen molar-refractivity contribution in [3.63, 3.8) is 0 Å². The monoisotopic (exact) mass is 278 g/mol. The van der Waals surface area contributed by atoms with Crippen molar-refractivity contribution in [2.75, 3.05) is 6.54 Å². The van der Waals surface area contributed by atoms with Crippen LogP contribution in [-0.2, 0) is 4.79 Å². The molecule has 0 radical (unpaired) electrons. The standard InChI is InChI=1S/C15H22N2O3/c1-10(8-14(18)19)9-16-15(20)17-12(3)13-7-5-4-6-11(13)2/h4-7,10,12H,8-9H2,1-3H3,(H,18,19)(H2,16,17,20). The predicted octanol–water partition coefficient (Wildman–Crippen LogP) is 2.47. The molecular formula is C15H22N2O3. The number of amides is 2. The molecule has 3 N–H and O–H groups in total. The molecule has 0 bridgehead atoms. The highest BCUT2D eigenvalue weighted by Crippen LogP contribution is 2.16. The van der Waals surface area contributed by atoms with E-state index in [0.717, 1.165) is 11.1 Å². The van der Waals surface area contributed by atoms with Crippen LogP contribution in [0.3, 0.4) is 0 Å². The molecular weight excluding hydrogens is 256 g/mol. The molecule has 2 amide bonds. The molecule has 0 saturated carbocycles. The lowest BCUT2D eigenvalue weighted by atomic mass is 10.0. The topological polar surface area (TPSA) is 78.4 Å². The zero-order chi connectivity index (χ0) is 15.1. The second-order valence-electron chi connectivity index (χ2n) is 5.14. The van der Waals surface area contributed by atoms with E-state index >= 15 is 0 Å². The molecule has 2 atom stereocenters. The first-order valence-electron chi connectivity index (χ1n) is 6.71. The summed E-state index contributed by atoms with van der Waals surface area (Å²) >= 11 is 0. The van der Waals surface area contributed by atoms with Crippen LogP contribution in [0.4, 0.5) is 4.79 Å². The van der Waals surface area contributed by atoms with Crippen LogP contribution in [0.25, 0.3) is 0 Å². The SMILES string of the molecule is Cc1ccccc1C(C)NC(=O)NCC(C)CC(=O)O. The van der Waals surface area contributed by atoms with Crippen LogP contribution in [0, 0.1) is 12.8 Å². The maximum atomic E-state index is 11.8. The van der Waals surface area contributed by atoms with Crippen molar-refractivity contribution in [3.05, 3.63) is 35.4 Å². The molecule has 0 saturated heterocycles. The molecule has 5 nitrogen and oxygen atoms in total. The average molecular weight is 278 g/mol. The second-order valence-corrected chi connectivity index (χ2v) is 5.14. The van der Waals surface area contributed by atoms with Gasteiger partial charge in [-0.25, -0.2) is 4.79 Å². The number of rotatable bonds is 6. The van der Waals surface area contributed by atoms with Gasteiger partial charge >= 0.3 is 12.0 Å². The second kappa shape index (κ2) is 7.53. The quantitative estimate of drug-likeness (QED) is 0.748. The molecule has 0 fully saturated rings. The van der Waals surface area contributed by atoms with Gasteiger partial charge in [-0.3, -0.25) is 4.79 Å². The Bertz CT molecular complexity index is 474. The van der Waals surface area contributed by atoms with E-state index in [-0.39, 0.29) is 24.4 Å². The highest BCUT2D eigenvalue weighted by Gasteiger charge is 2.13. The molecule has 0 spiro atoms. The largest absolute Gasteiger partial charge is 0.481 e. The van der Waals surface area contributed by atoms with Crippen LogP contribution >= 0.6 is 0 Å². The summed E-state index contributed by atoms with van der Waals surface area (Å²) in [6.07, 6.45) is 0.0492. The van der Waals surface area contributed by atoms with Crippen molar-refractivity contribution in [2.45, 2.75) is 33.2 Å². The van der Waals surface area contributed by atoms with Crippen molar-refractivity contribution in [3.8, 4) is 0 Å². The number of aliphatic carboxylic acids is 1. The fraction of sp³-hybridized carbons (Fsp3) is 0.467. The van der Waals surface area contributed by atoms with Crippen molar-refractivity contribution in [1.82, 2.24) is 10.6 Å². The highest BCUT2D eigenvalue weighted by atomic mass is 16.4.